The van der Waals surface area contributed by atoms with Crippen LogP contribution in [0.5, 0.6) is 0 Å². The minimum atomic E-state index is -3.91. The van der Waals surface area contributed by atoms with Crippen molar-refractivity contribution in [2.75, 3.05) is 0 Å². The highest BCUT2D eigenvalue weighted by atomic mass is 35.7. The molecule has 0 saturated heterocycles. The molecule has 2 rings (SSSR count). The van der Waals surface area contributed by atoms with E-state index in [1.54, 1.807) is 17.9 Å². The van der Waals surface area contributed by atoms with Crippen LogP contribution in [-0.2, 0) is 22.6 Å². The average molecular weight is 304 g/mol. The van der Waals surface area contributed by atoms with E-state index in [0.717, 1.165) is 17.7 Å². The molecular weight excluding hydrogens is 290 g/mol. The Labute approximate surface area is 115 Å². The molecule has 0 aliphatic rings. The zero-order chi connectivity index (χ0) is 14.2. The molecule has 0 spiro atoms. The lowest BCUT2D eigenvalue weighted by atomic mass is 10.2. The number of hydrogen-bond donors (Lipinski definition) is 0. The summed E-state index contributed by atoms with van der Waals surface area (Å²) in [4.78, 5) is 0. The van der Waals surface area contributed by atoms with E-state index in [2.05, 4.69) is 15.3 Å². The van der Waals surface area contributed by atoms with Crippen LogP contribution >= 0.6 is 10.7 Å². The molecule has 0 radical (unpaired) electrons. The Kier molecular flexibility index (Phi) is 3.64. The zero-order valence-corrected chi connectivity index (χ0v) is 12.4. The first-order chi connectivity index (χ1) is 8.84. The van der Waals surface area contributed by atoms with Crippen molar-refractivity contribution in [2.45, 2.75) is 32.0 Å². The normalized spacial score (nSPS) is 12.0. The van der Waals surface area contributed by atoms with Crippen molar-refractivity contribution in [1.29, 1.82) is 0 Å². The summed E-state index contributed by atoms with van der Waals surface area (Å²) < 4.78 is 26.1. The van der Waals surface area contributed by atoms with Crippen LogP contribution in [0, 0.1) is 6.92 Å². The van der Waals surface area contributed by atoms with Crippen LogP contribution in [-0.4, -0.2) is 33.0 Å². The third-order valence-corrected chi connectivity index (χ3v) is 3.79. The van der Waals surface area contributed by atoms with Crippen LogP contribution in [0.2, 0.25) is 0 Å². The number of aromatic nitrogens is 5. The maximum Gasteiger partial charge on any atom is 0.296 e. The van der Waals surface area contributed by atoms with Gasteiger partial charge in [0.15, 0.2) is 5.82 Å². The van der Waals surface area contributed by atoms with Crippen molar-refractivity contribution in [3.8, 4) is 11.4 Å². The molecule has 0 bridgehead atoms. The van der Waals surface area contributed by atoms with Crippen molar-refractivity contribution in [3.05, 3.63) is 11.9 Å². The van der Waals surface area contributed by atoms with E-state index >= 15 is 0 Å². The molecule has 0 aliphatic heterocycles. The van der Waals surface area contributed by atoms with Gasteiger partial charge in [0, 0.05) is 30.5 Å². The summed E-state index contributed by atoms with van der Waals surface area (Å²) in [5, 5.41) is 11.6. The predicted octanol–water partition coefficient (Wildman–Crippen LogP) is 1.32. The number of hydrogen-bond acceptors (Lipinski definition) is 5. The molecule has 2 heterocycles. The molecule has 0 N–H and O–H groups in total. The van der Waals surface area contributed by atoms with Gasteiger partial charge in [0.1, 0.15) is 0 Å². The Balaban J connectivity index is 2.65. The monoisotopic (exact) mass is 303 g/mol. The zero-order valence-electron chi connectivity index (χ0n) is 10.8. The third kappa shape index (κ3) is 2.64. The molecule has 19 heavy (non-hydrogen) atoms. The highest BCUT2D eigenvalue weighted by Crippen LogP contribution is 2.24. The topological polar surface area (TPSA) is 82.7 Å². The van der Waals surface area contributed by atoms with Gasteiger partial charge < -0.3 is 0 Å². The maximum atomic E-state index is 11.5. The largest absolute Gasteiger partial charge is 0.297 e. The van der Waals surface area contributed by atoms with Crippen LogP contribution in [0.25, 0.3) is 11.4 Å². The molecule has 0 unspecified atom stereocenters. The summed E-state index contributed by atoms with van der Waals surface area (Å²) in [6.07, 6.45) is 2.51. The van der Waals surface area contributed by atoms with E-state index in [1.807, 2.05) is 13.8 Å². The molecule has 9 heteroatoms. The molecule has 0 atom stereocenters. The molecule has 0 saturated carbocycles. The van der Waals surface area contributed by atoms with Gasteiger partial charge in [-0.25, -0.2) is 8.42 Å². The lowest BCUT2D eigenvalue weighted by molar-refractivity contribution is 0.570. The minimum Gasteiger partial charge on any atom is -0.297 e. The molecule has 104 valence electrons. The summed E-state index contributed by atoms with van der Waals surface area (Å²) in [7, 11) is 3.25. The smallest absolute Gasteiger partial charge is 0.296 e. The Hall–Kier alpha value is -1.41. The van der Waals surface area contributed by atoms with Gasteiger partial charge in [0.05, 0.1) is 11.3 Å². The SMILES string of the molecule is CCCn1c(-c2cn(C)nc2C)nnc1S(=O)(=O)Cl. The lowest BCUT2D eigenvalue weighted by Crippen LogP contribution is -2.07. The molecule has 0 fully saturated rings. The highest BCUT2D eigenvalue weighted by molar-refractivity contribution is 8.13. The highest BCUT2D eigenvalue weighted by Gasteiger charge is 2.24. The van der Waals surface area contributed by atoms with Gasteiger partial charge in [0.25, 0.3) is 14.2 Å². The fourth-order valence-electron chi connectivity index (χ4n) is 1.91. The van der Waals surface area contributed by atoms with Crippen LogP contribution in [0.3, 0.4) is 0 Å². The standard InChI is InChI=1S/C10H14ClN5O2S/c1-4-5-16-9(8-6-15(3)14-7(8)2)12-13-10(16)19(11,17)18/h6H,4-5H2,1-3H3. The number of nitrogens with zero attached hydrogens (tertiary/aromatic N) is 5. The number of rotatable bonds is 4. The van der Waals surface area contributed by atoms with E-state index in [9.17, 15) is 8.42 Å². The van der Waals surface area contributed by atoms with Gasteiger partial charge in [-0.15, -0.1) is 10.2 Å². The molecular formula is C10H14ClN5O2S. The van der Waals surface area contributed by atoms with Gasteiger partial charge in [-0.2, -0.15) is 5.10 Å². The van der Waals surface area contributed by atoms with Crippen LogP contribution < -0.4 is 0 Å². The fraction of sp³-hybridized carbons (Fsp3) is 0.500. The molecule has 0 aliphatic carbocycles. The van der Waals surface area contributed by atoms with Gasteiger partial charge in [0.2, 0.25) is 0 Å². The minimum absolute atomic E-state index is 0.228. The molecule has 0 amide bonds. The van der Waals surface area contributed by atoms with E-state index < -0.39 is 9.05 Å². The summed E-state index contributed by atoms with van der Waals surface area (Å²) in [6, 6.07) is 0. The Morgan fingerprint density at radius 2 is 2.05 bits per heavy atom. The lowest BCUT2D eigenvalue weighted by Gasteiger charge is -2.06. The van der Waals surface area contributed by atoms with Gasteiger partial charge >= 0.3 is 0 Å². The van der Waals surface area contributed by atoms with E-state index in [0.29, 0.717) is 12.4 Å². The first kappa shape index (κ1) is 14.0. The van der Waals surface area contributed by atoms with Gasteiger partial charge in [-0.1, -0.05) is 6.92 Å². The van der Waals surface area contributed by atoms with Crippen molar-refractivity contribution < 1.29 is 8.42 Å². The molecule has 0 aromatic carbocycles. The third-order valence-electron chi connectivity index (χ3n) is 2.64. The van der Waals surface area contributed by atoms with Gasteiger partial charge in [-0.3, -0.25) is 9.25 Å². The van der Waals surface area contributed by atoms with Crippen molar-refractivity contribution in [1.82, 2.24) is 24.5 Å². The Morgan fingerprint density at radius 1 is 1.37 bits per heavy atom. The van der Waals surface area contributed by atoms with Crippen molar-refractivity contribution in [2.24, 2.45) is 7.05 Å². The van der Waals surface area contributed by atoms with E-state index in [-0.39, 0.29) is 5.16 Å². The fourth-order valence-corrected chi connectivity index (χ4v) is 2.83. The summed E-state index contributed by atoms with van der Waals surface area (Å²) >= 11 is 0. The Bertz CT molecular complexity index is 704. The van der Waals surface area contributed by atoms with Crippen molar-refractivity contribution in [3.63, 3.8) is 0 Å². The number of aryl methyl sites for hydroxylation is 2. The average Bonchev–Trinajstić information content (AvgIpc) is 2.82. The van der Waals surface area contributed by atoms with Crippen LogP contribution in [0.1, 0.15) is 19.0 Å². The first-order valence-electron chi connectivity index (χ1n) is 5.73. The van der Waals surface area contributed by atoms with E-state index in [4.69, 9.17) is 10.7 Å². The molecule has 2 aromatic heterocycles. The van der Waals surface area contributed by atoms with E-state index in [1.165, 1.54) is 4.57 Å². The second-order valence-corrected chi connectivity index (χ2v) is 6.66. The predicted molar refractivity (Wildman–Crippen MR) is 70.3 cm³/mol. The van der Waals surface area contributed by atoms with Crippen LogP contribution in [0.4, 0.5) is 0 Å². The first-order valence-corrected chi connectivity index (χ1v) is 8.04. The summed E-state index contributed by atoms with van der Waals surface area (Å²) in [5.41, 5.74) is 1.50. The second kappa shape index (κ2) is 4.93. The summed E-state index contributed by atoms with van der Waals surface area (Å²) in [5.74, 6) is 0.465. The van der Waals surface area contributed by atoms with Gasteiger partial charge in [-0.05, 0) is 13.3 Å². The molecule has 7 nitrogen and oxygen atoms in total. The van der Waals surface area contributed by atoms with Crippen molar-refractivity contribution >= 4 is 19.7 Å². The quantitative estimate of drug-likeness (QED) is 0.796. The summed E-state index contributed by atoms with van der Waals surface area (Å²) in [6.45, 7) is 4.23. The second-order valence-electron chi connectivity index (χ2n) is 4.20. The van der Waals surface area contributed by atoms with Crippen LogP contribution in [0.15, 0.2) is 11.4 Å². The number of halogens is 1. The Morgan fingerprint density at radius 3 is 2.53 bits per heavy atom. The molecule has 2 aromatic rings. The maximum absolute atomic E-state index is 11.5.